The predicted octanol–water partition coefficient (Wildman–Crippen LogP) is 0.00350. The molecule has 2 aromatic carbocycles. The first-order chi connectivity index (χ1) is 10.4. The fraction of sp³-hybridized carbons (Fsp3) is 0.294. The summed E-state index contributed by atoms with van der Waals surface area (Å²) in [5.74, 6) is 0. The second-order valence-corrected chi connectivity index (χ2v) is 4.10. The van der Waals surface area contributed by atoms with Crippen LogP contribution >= 0.6 is 15.9 Å². The maximum absolute atomic E-state index is 8.25. The number of rotatable bonds is 3. The van der Waals surface area contributed by atoms with Gasteiger partial charge in [0.1, 0.15) is 0 Å². The minimum Gasteiger partial charge on any atom is -0.857 e. The van der Waals surface area contributed by atoms with Crippen LogP contribution < -0.4 is 34.7 Å². The third-order valence-electron chi connectivity index (χ3n) is 2.15. The van der Waals surface area contributed by atoms with E-state index in [-0.39, 0.29) is 29.6 Å². The van der Waals surface area contributed by atoms with E-state index in [9.17, 15) is 0 Å². The van der Waals surface area contributed by atoms with Crippen molar-refractivity contribution in [3.8, 4) is 0 Å². The average Bonchev–Trinajstić information content (AvgIpc) is 2.61. The van der Waals surface area contributed by atoms with Crippen LogP contribution in [0, 0.1) is 0 Å². The van der Waals surface area contributed by atoms with Gasteiger partial charge in [0, 0.05) is 19.5 Å². The van der Waals surface area contributed by atoms with E-state index >= 15 is 0 Å². The van der Waals surface area contributed by atoms with Crippen LogP contribution in [0.5, 0.6) is 0 Å². The fourth-order valence-corrected chi connectivity index (χ4v) is 1.68. The van der Waals surface area contributed by atoms with Gasteiger partial charge in [-0.05, 0) is 11.1 Å². The van der Waals surface area contributed by atoms with Gasteiger partial charge in [-0.2, -0.15) is 7.11 Å². The summed E-state index contributed by atoms with van der Waals surface area (Å²) >= 11 is 3.36. The molecule has 0 aliphatic carbocycles. The van der Waals surface area contributed by atoms with E-state index in [0.29, 0.717) is 6.61 Å². The fourth-order valence-electron chi connectivity index (χ4n) is 1.31. The van der Waals surface area contributed by atoms with E-state index in [1.165, 1.54) is 11.1 Å². The van der Waals surface area contributed by atoms with Gasteiger partial charge in [-0.15, -0.1) is 0 Å². The Morgan fingerprint density at radius 1 is 0.864 bits per heavy atom. The molecule has 0 spiro atoms. The van der Waals surface area contributed by atoms with Gasteiger partial charge in [0.2, 0.25) is 0 Å². The number of alkyl halides is 1. The molecule has 0 aliphatic rings. The molecule has 0 unspecified atom stereocenters. The third kappa shape index (κ3) is 16.2. The molecule has 0 radical (unpaired) electrons. The van der Waals surface area contributed by atoms with Crippen LogP contribution in [-0.4, -0.2) is 26.4 Å². The Morgan fingerprint density at radius 3 is 1.50 bits per heavy atom. The van der Waals surface area contributed by atoms with Crippen LogP contribution in [0.4, 0.5) is 0 Å². The summed E-state index contributed by atoms with van der Waals surface area (Å²) < 4.78 is 4.93. The van der Waals surface area contributed by atoms with Crippen molar-refractivity contribution in [2.45, 2.75) is 11.9 Å². The second-order valence-electron chi connectivity index (χ2n) is 3.54. The number of ether oxygens (including phenoxy) is 1. The molecule has 0 bridgehead atoms. The molecule has 0 amide bonds. The van der Waals surface area contributed by atoms with Crippen molar-refractivity contribution in [2.24, 2.45) is 0 Å². The molecule has 0 saturated carbocycles. The van der Waals surface area contributed by atoms with Crippen molar-refractivity contribution >= 4 is 15.9 Å². The summed E-state index contributed by atoms with van der Waals surface area (Å²) in [6, 6.07) is 20.4. The van der Waals surface area contributed by atoms with Gasteiger partial charge in [0.05, 0.1) is 6.61 Å². The molecule has 0 saturated heterocycles. The smallest absolute Gasteiger partial charge is 0.857 e. The zero-order chi connectivity index (χ0) is 16.3. The quantitative estimate of drug-likeness (QED) is 0.604. The summed E-state index contributed by atoms with van der Waals surface area (Å²) in [5, 5.41) is 16.2. The number of methoxy groups -OCH3 is 1. The molecule has 22 heavy (non-hydrogen) atoms. The van der Waals surface area contributed by atoms with Crippen LogP contribution in [0.3, 0.4) is 0 Å². The molecule has 3 nitrogen and oxygen atoms in total. The van der Waals surface area contributed by atoms with Gasteiger partial charge in [-0.3, -0.25) is 0 Å². The zero-order valence-corrected chi connectivity index (χ0v) is 17.4. The topological polar surface area (TPSA) is 52.5 Å². The Kier molecular flexibility index (Phi) is 28.0. The second kappa shape index (κ2) is 23.1. The van der Waals surface area contributed by atoms with E-state index in [4.69, 9.17) is 14.9 Å². The van der Waals surface area contributed by atoms with Crippen LogP contribution in [-0.2, 0) is 16.7 Å². The van der Waals surface area contributed by atoms with Crippen molar-refractivity contribution in [3.63, 3.8) is 0 Å². The van der Waals surface area contributed by atoms with E-state index in [0.717, 1.165) is 19.5 Å². The van der Waals surface area contributed by atoms with Gasteiger partial charge >= 0.3 is 29.6 Å². The first kappa shape index (κ1) is 26.7. The van der Waals surface area contributed by atoms with Crippen molar-refractivity contribution in [1.29, 1.82) is 0 Å². The predicted molar refractivity (Wildman–Crippen MR) is 90.3 cm³/mol. The Bertz CT molecular complexity index is 399. The van der Waals surface area contributed by atoms with Crippen molar-refractivity contribution in [2.75, 3.05) is 21.3 Å². The largest absolute Gasteiger partial charge is 1.00 e. The maximum Gasteiger partial charge on any atom is 1.00 e. The van der Waals surface area contributed by atoms with Crippen molar-refractivity contribution < 1.29 is 44.5 Å². The average molecular weight is 379 g/mol. The van der Waals surface area contributed by atoms with E-state index < -0.39 is 0 Å². The minimum atomic E-state index is 0. The number of hydrogen-bond acceptors (Lipinski definition) is 3. The van der Waals surface area contributed by atoms with Gasteiger partial charge in [-0.25, -0.2) is 0 Å². The molecule has 0 atom stereocenters. The van der Waals surface area contributed by atoms with E-state index in [1.54, 1.807) is 7.11 Å². The van der Waals surface area contributed by atoms with E-state index in [1.807, 2.05) is 48.5 Å². The Hall–Kier alpha value is -0.200. The first-order valence-corrected chi connectivity index (χ1v) is 7.47. The Morgan fingerprint density at radius 2 is 1.23 bits per heavy atom. The number of aliphatic hydroxyl groups is 1. The van der Waals surface area contributed by atoms with Crippen molar-refractivity contribution in [1.82, 2.24) is 0 Å². The summed E-state index contributed by atoms with van der Waals surface area (Å²) in [4.78, 5) is 0. The van der Waals surface area contributed by atoms with Crippen LogP contribution in [0.2, 0.25) is 0 Å². The molecule has 2 rings (SSSR count). The van der Waals surface area contributed by atoms with Gasteiger partial charge in [-0.1, -0.05) is 76.6 Å². The van der Waals surface area contributed by atoms with E-state index in [2.05, 4.69) is 28.1 Å². The molecule has 0 aliphatic heterocycles. The molecule has 118 valence electrons. The normalized spacial score (nSPS) is 7.73. The summed E-state index contributed by atoms with van der Waals surface area (Å²) in [7, 11) is 3.45. The molecule has 0 fully saturated rings. The molecular formula is C17H24BrNaO3. The number of hydrogen-bond donors (Lipinski definition) is 1. The van der Waals surface area contributed by atoms with Crippen molar-refractivity contribution in [3.05, 3.63) is 71.8 Å². The maximum atomic E-state index is 8.25. The number of benzene rings is 2. The third-order valence-corrected chi connectivity index (χ3v) is 2.80. The standard InChI is InChI=1S/C8H10O.C7H7Br.CH4O.CH3O.Na/c1-9-7-8-5-3-2-4-6-8;8-6-7-4-2-1-3-5-7;2*1-2;/h2-6H,7H2,1H3;1-5H,6H2;2H,1H3;1H3;/q;;;-1;+1. The van der Waals surface area contributed by atoms with Gasteiger partial charge in [0.15, 0.2) is 0 Å². The molecular weight excluding hydrogens is 355 g/mol. The Balaban J connectivity index is -0.000000259. The van der Waals surface area contributed by atoms with Gasteiger partial charge in [0.25, 0.3) is 0 Å². The number of halogens is 1. The molecule has 0 aromatic heterocycles. The van der Waals surface area contributed by atoms with Gasteiger partial charge < -0.3 is 14.9 Å². The molecule has 5 heteroatoms. The van der Waals surface area contributed by atoms with Crippen LogP contribution in [0.15, 0.2) is 60.7 Å². The number of aliphatic hydroxyl groups excluding tert-OH is 1. The molecule has 2 aromatic rings. The zero-order valence-electron chi connectivity index (χ0n) is 13.8. The molecule has 0 heterocycles. The Labute approximate surface area is 164 Å². The summed E-state index contributed by atoms with van der Waals surface area (Å²) in [6.45, 7) is 0.709. The molecule has 1 N–H and O–H groups in total. The monoisotopic (exact) mass is 378 g/mol. The van der Waals surface area contributed by atoms with Crippen LogP contribution in [0.1, 0.15) is 11.1 Å². The SMILES string of the molecule is BrCc1ccccc1.CO.COCc1ccccc1.C[O-].[Na+]. The summed E-state index contributed by atoms with van der Waals surface area (Å²) in [5.41, 5.74) is 2.55. The minimum absolute atomic E-state index is 0. The first-order valence-electron chi connectivity index (χ1n) is 6.35. The summed E-state index contributed by atoms with van der Waals surface area (Å²) in [6.07, 6.45) is 0. The van der Waals surface area contributed by atoms with Crippen LogP contribution in [0.25, 0.3) is 0 Å².